The van der Waals surface area contributed by atoms with Crippen LogP contribution < -0.4 is 14.2 Å². The molecule has 3 aromatic carbocycles. The van der Waals surface area contributed by atoms with Gasteiger partial charge in [-0.25, -0.2) is 0 Å². The fraction of sp³-hybridized carbons (Fsp3) is 0.424. The highest BCUT2D eigenvalue weighted by Gasteiger charge is 2.57. The summed E-state index contributed by atoms with van der Waals surface area (Å²) in [6, 6.07) is 23.2. The van der Waals surface area contributed by atoms with Gasteiger partial charge in [0, 0.05) is 13.0 Å². The normalized spacial score (nSPS) is 24.1. The van der Waals surface area contributed by atoms with Gasteiger partial charge in [-0.05, 0) is 72.5 Å². The molecule has 3 aromatic rings. The average Bonchev–Trinajstić information content (AvgIpc) is 3.17. The van der Waals surface area contributed by atoms with Crippen LogP contribution in [0.25, 0.3) is 0 Å². The van der Waals surface area contributed by atoms with E-state index in [9.17, 15) is 9.90 Å². The molecule has 8 nitrogen and oxygen atoms in total. The van der Waals surface area contributed by atoms with E-state index in [1.165, 1.54) is 6.92 Å². The Kier molecular flexibility index (Phi) is 8.54. The lowest BCUT2D eigenvalue weighted by molar-refractivity contribution is -0.160. The van der Waals surface area contributed by atoms with Gasteiger partial charge in [-0.1, -0.05) is 43.3 Å². The molecule has 0 amide bonds. The first kappa shape index (κ1) is 28.9. The molecule has 2 saturated heterocycles. The molecule has 2 aliphatic heterocycles. The molecular formula is C33H39NO7. The zero-order valence-electron chi connectivity index (χ0n) is 24.3. The number of rotatable bonds is 10. The molecule has 2 heterocycles. The SMILES string of the molecule is CCN1[C@@H]2CC(O)C[C@H]1[C@H](OC(C)=O)[C@@H]2OC(c1ccc(OC)cc1)(c1ccc(OC)cc1)c1ccc(OC)cc1. The monoisotopic (exact) mass is 561 g/mol. The summed E-state index contributed by atoms with van der Waals surface area (Å²) in [5.41, 5.74) is 1.51. The quantitative estimate of drug-likeness (QED) is 0.285. The summed E-state index contributed by atoms with van der Waals surface area (Å²) < 4.78 is 29.9. The number of likely N-dealkylation sites (N-methyl/N-ethyl adjacent to an activating group) is 1. The second-order valence-corrected chi connectivity index (χ2v) is 10.6. The van der Waals surface area contributed by atoms with Gasteiger partial charge in [0.05, 0.1) is 33.5 Å². The summed E-state index contributed by atoms with van der Waals surface area (Å²) in [4.78, 5) is 14.7. The van der Waals surface area contributed by atoms with Crippen LogP contribution in [0.1, 0.15) is 43.4 Å². The second-order valence-electron chi connectivity index (χ2n) is 10.6. The number of carbonyl (C=O) groups excluding carboxylic acids is 1. The van der Waals surface area contributed by atoms with Crippen molar-refractivity contribution in [1.29, 1.82) is 0 Å². The molecule has 41 heavy (non-hydrogen) atoms. The summed E-state index contributed by atoms with van der Waals surface area (Å²) in [7, 11) is 4.91. The van der Waals surface area contributed by atoms with Crippen LogP contribution in [0.3, 0.4) is 0 Å². The Balaban J connectivity index is 1.74. The minimum Gasteiger partial charge on any atom is -0.497 e. The molecule has 2 bridgehead atoms. The number of piperidine rings is 1. The van der Waals surface area contributed by atoms with E-state index < -0.39 is 23.9 Å². The number of hydrogen-bond acceptors (Lipinski definition) is 8. The topological polar surface area (TPSA) is 86.7 Å². The van der Waals surface area contributed by atoms with Crippen LogP contribution in [0.5, 0.6) is 17.2 Å². The predicted molar refractivity (Wildman–Crippen MR) is 154 cm³/mol. The van der Waals surface area contributed by atoms with Gasteiger partial charge in [-0.3, -0.25) is 9.69 Å². The van der Waals surface area contributed by atoms with E-state index in [-0.39, 0.29) is 18.1 Å². The molecule has 0 spiro atoms. The van der Waals surface area contributed by atoms with Crippen molar-refractivity contribution in [2.75, 3.05) is 27.9 Å². The summed E-state index contributed by atoms with van der Waals surface area (Å²) in [6.07, 6.45) is -0.535. The highest BCUT2D eigenvalue weighted by atomic mass is 16.6. The molecule has 1 N–H and O–H groups in total. The molecule has 5 atom stereocenters. The van der Waals surface area contributed by atoms with E-state index in [1.807, 2.05) is 72.8 Å². The smallest absolute Gasteiger partial charge is 0.303 e. The Morgan fingerprint density at radius 1 is 0.756 bits per heavy atom. The molecule has 0 saturated carbocycles. The maximum Gasteiger partial charge on any atom is 0.303 e. The van der Waals surface area contributed by atoms with Gasteiger partial charge in [-0.2, -0.15) is 0 Å². The fourth-order valence-corrected chi connectivity index (χ4v) is 6.59. The number of aliphatic hydroxyl groups excluding tert-OH is 1. The minimum atomic E-state index is -1.12. The van der Waals surface area contributed by atoms with Crippen molar-refractivity contribution in [2.45, 2.75) is 62.7 Å². The first-order valence-corrected chi connectivity index (χ1v) is 14.1. The van der Waals surface area contributed by atoms with Gasteiger partial charge >= 0.3 is 5.97 Å². The summed E-state index contributed by atoms with van der Waals surface area (Å²) in [5.74, 6) is 1.80. The number of hydrogen-bond donors (Lipinski definition) is 1. The zero-order valence-corrected chi connectivity index (χ0v) is 24.3. The zero-order chi connectivity index (χ0) is 29.1. The number of methoxy groups -OCH3 is 3. The Morgan fingerprint density at radius 3 is 1.49 bits per heavy atom. The Morgan fingerprint density at radius 2 is 1.15 bits per heavy atom. The van der Waals surface area contributed by atoms with Crippen molar-refractivity contribution in [2.24, 2.45) is 0 Å². The highest BCUT2D eigenvalue weighted by Crippen LogP contribution is 2.48. The Labute approximate surface area is 241 Å². The predicted octanol–water partition coefficient (Wildman–Crippen LogP) is 4.55. The van der Waals surface area contributed by atoms with Crippen molar-refractivity contribution in [3.05, 3.63) is 89.5 Å². The van der Waals surface area contributed by atoms with E-state index in [2.05, 4.69) is 11.8 Å². The third-order valence-corrected chi connectivity index (χ3v) is 8.43. The van der Waals surface area contributed by atoms with Gasteiger partial charge in [0.2, 0.25) is 0 Å². The van der Waals surface area contributed by atoms with Gasteiger partial charge in [0.15, 0.2) is 0 Å². The molecule has 2 fully saturated rings. The Bertz CT molecular complexity index is 1190. The van der Waals surface area contributed by atoms with E-state index in [0.717, 1.165) is 40.5 Å². The number of nitrogens with zero attached hydrogens (tertiary/aromatic N) is 1. The van der Waals surface area contributed by atoms with Gasteiger partial charge in [-0.15, -0.1) is 0 Å². The van der Waals surface area contributed by atoms with Crippen LogP contribution in [0.4, 0.5) is 0 Å². The minimum absolute atomic E-state index is 0.146. The third kappa shape index (κ3) is 5.39. The maximum absolute atomic E-state index is 12.4. The third-order valence-electron chi connectivity index (χ3n) is 8.43. The molecule has 1 unspecified atom stereocenters. The molecule has 0 radical (unpaired) electrons. The van der Waals surface area contributed by atoms with Gasteiger partial charge in [0.25, 0.3) is 0 Å². The van der Waals surface area contributed by atoms with Crippen molar-refractivity contribution in [3.8, 4) is 17.2 Å². The molecule has 5 rings (SSSR count). The number of benzene rings is 3. The van der Waals surface area contributed by atoms with E-state index >= 15 is 0 Å². The lowest BCUT2D eigenvalue weighted by atomic mass is 9.79. The average molecular weight is 562 g/mol. The lowest BCUT2D eigenvalue weighted by Gasteiger charge is -2.41. The molecule has 218 valence electrons. The molecule has 2 aliphatic rings. The Hall–Kier alpha value is -3.59. The first-order chi connectivity index (χ1) is 19.8. The number of esters is 1. The maximum atomic E-state index is 12.4. The van der Waals surface area contributed by atoms with Gasteiger partial charge < -0.3 is 28.8 Å². The van der Waals surface area contributed by atoms with Crippen molar-refractivity contribution in [1.82, 2.24) is 4.90 Å². The van der Waals surface area contributed by atoms with Crippen molar-refractivity contribution >= 4 is 5.97 Å². The highest BCUT2D eigenvalue weighted by molar-refractivity contribution is 5.66. The van der Waals surface area contributed by atoms with Crippen LogP contribution in [0.15, 0.2) is 72.8 Å². The molecular weight excluding hydrogens is 522 g/mol. The van der Waals surface area contributed by atoms with Crippen LogP contribution >= 0.6 is 0 Å². The standard InChI is InChI=1S/C33H39NO7/c1-6-34-29-19-25(36)20-30(34)32(31(29)40-21(2)35)41-33(22-7-13-26(37-3)14-8-22,23-9-15-27(38-4)16-10-23)24-11-17-28(39-5)18-12-24/h7-18,25,29-32,36H,6,19-20H2,1-5H3/t25?,29-,30+,31-,32+/m0/s1. The summed E-state index contributed by atoms with van der Waals surface area (Å²) >= 11 is 0. The van der Waals surface area contributed by atoms with E-state index in [0.29, 0.717) is 12.8 Å². The van der Waals surface area contributed by atoms with Gasteiger partial charge in [0.1, 0.15) is 35.1 Å². The number of fused-ring (bicyclic) bond motifs is 2. The van der Waals surface area contributed by atoms with Crippen molar-refractivity contribution in [3.63, 3.8) is 0 Å². The number of ether oxygens (including phenoxy) is 5. The fourth-order valence-electron chi connectivity index (χ4n) is 6.59. The summed E-state index contributed by atoms with van der Waals surface area (Å²) in [5, 5.41) is 10.8. The number of aliphatic hydroxyl groups is 1. The molecule has 0 aromatic heterocycles. The lowest BCUT2D eigenvalue weighted by Crippen LogP contribution is -2.48. The first-order valence-electron chi connectivity index (χ1n) is 14.1. The molecule has 0 aliphatic carbocycles. The van der Waals surface area contributed by atoms with Crippen LogP contribution in [0, 0.1) is 0 Å². The van der Waals surface area contributed by atoms with Crippen LogP contribution in [-0.4, -0.2) is 74.2 Å². The van der Waals surface area contributed by atoms with Crippen LogP contribution in [0.2, 0.25) is 0 Å². The van der Waals surface area contributed by atoms with Crippen LogP contribution in [-0.2, 0) is 19.9 Å². The second kappa shape index (κ2) is 12.1. The van der Waals surface area contributed by atoms with E-state index in [1.54, 1.807) is 21.3 Å². The number of carbonyl (C=O) groups is 1. The van der Waals surface area contributed by atoms with Crippen molar-refractivity contribution < 1.29 is 33.6 Å². The summed E-state index contributed by atoms with van der Waals surface area (Å²) in [6.45, 7) is 4.27. The largest absolute Gasteiger partial charge is 0.497 e. The van der Waals surface area contributed by atoms with E-state index in [4.69, 9.17) is 23.7 Å². The molecule has 8 heteroatoms.